The normalized spacial score (nSPS) is 19.5. The molecule has 0 aliphatic heterocycles. The van der Waals surface area contributed by atoms with Crippen molar-refractivity contribution in [3.8, 4) is 0 Å². The molecule has 2 N–H and O–H groups in total. The van der Waals surface area contributed by atoms with Crippen molar-refractivity contribution < 1.29 is 5.11 Å². The highest BCUT2D eigenvalue weighted by Crippen LogP contribution is 2.35. The number of aliphatic hydroxyl groups is 1. The number of aromatic nitrogens is 2. The minimum absolute atomic E-state index is 0.126. The standard InChI is InChI=1S/C7H10ClN3OS/c8-5-6(11-13-10-5)9-7(4-12)2-1-3-7/h12H,1-4H2,(H,9,11). The highest BCUT2D eigenvalue weighted by atomic mass is 35.5. The second-order valence-electron chi connectivity index (χ2n) is 3.32. The molecular weight excluding hydrogens is 210 g/mol. The highest BCUT2D eigenvalue weighted by molar-refractivity contribution is 6.99. The molecule has 1 heterocycles. The summed E-state index contributed by atoms with van der Waals surface area (Å²) in [5, 5.41) is 12.7. The molecule has 0 bridgehead atoms. The van der Waals surface area contributed by atoms with E-state index in [9.17, 15) is 5.11 Å². The zero-order valence-corrected chi connectivity index (χ0v) is 8.53. The lowest BCUT2D eigenvalue weighted by molar-refractivity contribution is 0.144. The predicted molar refractivity (Wildman–Crippen MR) is 52.2 cm³/mol. The van der Waals surface area contributed by atoms with E-state index in [4.69, 9.17) is 11.6 Å². The van der Waals surface area contributed by atoms with Gasteiger partial charge in [-0.2, -0.15) is 8.75 Å². The average molecular weight is 220 g/mol. The van der Waals surface area contributed by atoms with Crippen LogP contribution in [0.4, 0.5) is 5.82 Å². The Kier molecular flexibility index (Phi) is 2.40. The fourth-order valence-electron chi connectivity index (χ4n) is 1.43. The third-order valence-electron chi connectivity index (χ3n) is 2.45. The lowest BCUT2D eigenvalue weighted by Crippen LogP contribution is -2.48. The Labute approximate surface area is 85.3 Å². The summed E-state index contributed by atoms with van der Waals surface area (Å²) in [6, 6.07) is 0. The van der Waals surface area contributed by atoms with Gasteiger partial charge in [-0.05, 0) is 19.3 Å². The van der Waals surface area contributed by atoms with Crippen LogP contribution in [0, 0.1) is 0 Å². The van der Waals surface area contributed by atoms with E-state index in [-0.39, 0.29) is 12.1 Å². The number of aliphatic hydroxyl groups excluding tert-OH is 1. The molecule has 6 heteroatoms. The van der Waals surface area contributed by atoms with Crippen LogP contribution in [0.3, 0.4) is 0 Å². The molecule has 1 aliphatic rings. The average Bonchev–Trinajstić information content (AvgIpc) is 2.44. The van der Waals surface area contributed by atoms with Crippen molar-refractivity contribution >= 4 is 29.1 Å². The molecule has 0 atom stereocenters. The Hall–Kier alpha value is -0.390. The minimum atomic E-state index is -0.195. The van der Waals surface area contributed by atoms with Gasteiger partial charge in [-0.25, -0.2) is 0 Å². The summed E-state index contributed by atoms with van der Waals surface area (Å²) in [4.78, 5) is 0. The number of rotatable bonds is 3. The van der Waals surface area contributed by atoms with Gasteiger partial charge in [0, 0.05) is 0 Å². The van der Waals surface area contributed by atoms with Crippen molar-refractivity contribution in [3.05, 3.63) is 5.15 Å². The molecule has 1 saturated carbocycles. The fourth-order valence-corrected chi connectivity index (χ4v) is 2.07. The Morgan fingerprint density at radius 3 is 2.69 bits per heavy atom. The molecule has 0 amide bonds. The third kappa shape index (κ3) is 1.63. The molecule has 1 aromatic rings. The van der Waals surface area contributed by atoms with Crippen LogP contribution < -0.4 is 5.32 Å². The molecule has 1 aliphatic carbocycles. The van der Waals surface area contributed by atoms with Gasteiger partial charge in [0.15, 0.2) is 11.0 Å². The van der Waals surface area contributed by atoms with Crippen LogP contribution in [-0.2, 0) is 0 Å². The van der Waals surface area contributed by atoms with Crippen LogP contribution in [0.1, 0.15) is 19.3 Å². The van der Waals surface area contributed by atoms with Gasteiger partial charge in [-0.15, -0.1) is 0 Å². The number of nitrogens with zero attached hydrogens (tertiary/aromatic N) is 2. The van der Waals surface area contributed by atoms with Crippen molar-refractivity contribution in [2.75, 3.05) is 11.9 Å². The zero-order chi connectivity index (χ0) is 9.31. The fraction of sp³-hybridized carbons (Fsp3) is 0.714. The minimum Gasteiger partial charge on any atom is -0.394 e. The van der Waals surface area contributed by atoms with Gasteiger partial charge in [0.1, 0.15) is 0 Å². The number of hydrogen-bond acceptors (Lipinski definition) is 5. The summed E-state index contributed by atoms with van der Waals surface area (Å²) < 4.78 is 7.85. The largest absolute Gasteiger partial charge is 0.394 e. The first-order chi connectivity index (χ1) is 6.26. The maximum Gasteiger partial charge on any atom is 0.186 e. The zero-order valence-electron chi connectivity index (χ0n) is 6.96. The van der Waals surface area contributed by atoms with E-state index < -0.39 is 0 Å². The van der Waals surface area contributed by atoms with Gasteiger partial charge in [-0.1, -0.05) is 11.6 Å². The lowest BCUT2D eigenvalue weighted by atomic mass is 9.77. The smallest absolute Gasteiger partial charge is 0.186 e. The second-order valence-corrected chi connectivity index (χ2v) is 4.21. The van der Waals surface area contributed by atoms with Crippen LogP contribution in [-0.4, -0.2) is 26.0 Å². The van der Waals surface area contributed by atoms with E-state index in [1.54, 1.807) is 0 Å². The van der Waals surface area contributed by atoms with E-state index in [1.807, 2.05) is 0 Å². The third-order valence-corrected chi connectivity index (χ3v) is 3.34. The lowest BCUT2D eigenvalue weighted by Gasteiger charge is -2.40. The molecule has 2 rings (SSSR count). The van der Waals surface area contributed by atoms with E-state index in [0.29, 0.717) is 11.0 Å². The van der Waals surface area contributed by atoms with E-state index >= 15 is 0 Å². The molecule has 0 spiro atoms. The SMILES string of the molecule is OCC1(Nc2nsnc2Cl)CCC1. The monoisotopic (exact) mass is 219 g/mol. The van der Waals surface area contributed by atoms with Crippen molar-refractivity contribution in [1.29, 1.82) is 0 Å². The Bertz CT molecular complexity index is 294. The molecule has 1 fully saturated rings. The van der Waals surface area contributed by atoms with Crippen molar-refractivity contribution in [3.63, 3.8) is 0 Å². The van der Waals surface area contributed by atoms with Gasteiger partial charge in [0.25, 0.3) is 0 Å². The number of hydrogen-bond donors (Lipinski definition) is 2. The summed E-state index contributed by atoms with van der Waals surface area (Å²) in [5.41, 5.74) is -0.195. The van der Waals surface area contributed by atoms with Crippen molar-refractivity contribution in [1.82, 2.24) is 8.75 Å². The van der Waals surface area contributed by atoms with Crippen LogP contribution >= 0.6 is 23.3 Å². The molecular formula is C7H10ClN3OS. The summed E-state index contributed by atoms with van der Waals surface area (Å²) in [5.74, 6) is 0.598. The summed E-state index contributed by atoms with van der Waals surface area (Å²) >= 11 is 6.85. The summed E-state index contributed by atoms with van der Waals surface area (Å²) in [6.07, 6.45) is 3.08. The van der Waals surface area contributed by atoms with Crippen LogP contribution in [0.2, 0.25) is 5.15 Å². The van der Waals surface area contributed by atoms with Crippen LogP contribution in [0.25, 0.3) is 0 Å². The van der Waals surface area contributed by atoms with Gasteiger partial charge >= 0.3 is 0 Å². The molecule has 1 aromatic heterocycles. The molecule has 4 nitrogen and oxygen atoms in total. The molecule has 0 unspecified atom stereocenters. The van der Waals surface area contributed by atoms with Gasteiger partial charge in [-0.3, -0.25) is 0 Å². The molecule has 0 radical (unpaired) electrons. The van der Waals surface area contributed by atoms with Gasteiger partial charge in [0.05, 0.1) is 23.9 Å². The topological polar surface area (TPSA) is 58.0 Å². The Morgan fingerprint density at radius 2 is 2.31 bits per heavy atom. The first-order valence-corrected chi connectivity index (χ1v) is 5.24. The predicted octanol–water partition coefficient (Wildman–Crippen LogP) is 1.52. The van der Waals surface area contributed by atoms with Crippen molar-refractivity contribution in [2.24, 2.45) is 0 Å². The summed E-state index contributed by atoms with van der Waals surface area (Å²) in [6.45, 7) is 0.126. The number of anilines is 1. The van der Waals surface area contributed by atoms with Crippen LogP contribution in [0.15, 0.2) is 0 Å². The number of nitrogens with one attached hydrogen (secondary N) is 1. The molecule has 72 valence electrons. The van der Waals surface area contributed by atoms with Crippen LogP contribution in [0.5, 0.6) is 0 Å². The van der Waals surface area contributed by atoms with Gasteiger partial charge in [0.2, 0.25) is 0 Å². The second kappa shape index (κ2) is 3.40. The Balaban J connectivity index is 2.08. The number of halogens is 1. The highest BCUT2D eigenvalue weighted by Gasteiger charge is 2.37. The molecule has 0 saturated heterocycles. The quantitative estimate of drug-likeness (QED) is 0.810. The Morgan fingerprint density at radius 1 is 1.54 bits per heavy atom. The van der Waals surface area contributed by atoms with E-state index in [2.05, 4.69) is 14.1 Å². The van der Waals surface area contributed by atoms with E-state index in [0.717, 1.165) is 31.0 Å². The molecule has 0 aromatic carbocycles. The maximum atomic E-state index is 9.18. The molecule has 13 heavy (non-hydrogen) atoms. The first-order valence-electron chi connectivity index (χ1n) is 4.13. The summed E-state index contributed by atoms with van der Waals surface area (Å²) in [7, 11) is 0. The first kappa shape index (κ1) is 9.18. The van der Waals surface area contributed by atoms with E-state index in [1.165, 1.54) is 0 Å². The van der Waals surface area contributed by atoms with Crippen molar-refractivity contribution in [2.45, 2.75) is 24.8 Å². The van der Waals surface area contributed by atoms with Gasteiger partial charge < -0.3 is 10.4 Å². The maximum absolute atomic E-state index is 9.18.